The Labute approximate surface area is 206 Å². The fourth-order valence-electron chi connectivity index (χ4n) is 4.42. The van der Waals surface area contributed by atoms with Crippen LogP contribution in [0, 0.1) is 0 Å². The maximum Gasteiger partial charge on any atom is 0.316 e. The molecule has 0 radical (unpaired) electrons. The summed E-state index contributed by atoms with van der Waals surface area (Å²) in [6.07, 6.45) is 1.92. The van der Waals surface area contributed by atoms with Crippen molar-refractivity contribution in [2.75, 3.05) is 26.0 Å². The van der Waals surface area contributed by atoms with Gasteiger partial charge in [-0.25, -0.2) is 4.98 Å². The third kappa shape index (κ3) is 4.66. The Morgan fingerprint density at radius 1 is 1.15 bits per heavy atom. The molecule has 5 rings (SSSR count). The van der Waals surface area contributed by atoms with Gasteiger partial charge in [0.2, 0.25) is 0 Å². The van der Waals surface area contributed by atoms with Crippen molar-refractivity contribution < 1.29 is 14.4 Å². The van der Waals surface area contributed by atoms with Gasteiger partial charge in [0.05, 0.1) is 41.9 Å². The molecule has 4 aromatic rings. The highest BCUT2D eigenvalue weighted by Gasteiger charge is 2.27. The first-order valence-corrected chi connectivity index (χ1v) is 13.1. The Bertz CT molecular complexity index is 1370. The van der Waals surface area contributed by atoms with Gasteiger partial charge >= 0.3 is 5.97 Å². The molecule has 0 amide bonds. The summed E-state index contributed by atoms with van der Waals surface area (Å²) in [5.41, 5.74) is 3.20. The lowest BCUT2D eigenvalue weighted by Crippen LogP contribution is -3.11. The molecule has 0 saturated heterocycles. The van der Waals surface area contributed by atoms with Gasteiger partial charge < -0.3 is 9.64 Å². The van der Waals surface area contributed by atoms with Crippen LogP contribution in [0.1, 0.15) is 16.0 Å². The molecule has 1 atom stereocenters. The Hall–Kier alpha value is -2.94. The molecule has 0 aliphatic carbocycles. The Balaban J connectivity index is 1.49. The standard InChI is InChI=1S/C26H25N3O3S2/c1-32-22(30)17-33-26-27-24-23(25(31)29(26)19-10-6-3-7-11-19)20-13-15-28(16-21(20)34-24)14-12-18-8-4-2-5-9-18/h2-11H,12-17H2,1H3/p+1. The van der Waals surface area contributed by atoms with Gasteiger partial charge in [0, 0.05) is 12.8 Å². The smallest absolute Gasteiger partial charge is 0.316 e. The highest BCUT2D eigenvalue weighted by Crippen LogP contribution is 2.31. The lowest BCUT2D eigenvalue weighted by Gasteiger charge is -2.24. The lowest BCUT2D eigenvalue weighted by atomic mass is 10.0. The zero-order valence-corrected chi connectivity index (χ0v) is 20.6. The van der Waals surface area contributed by atoms with Gasteiger partial charge in [-0.15, -0.1) is 11.3 Å². The fraction of sp³-hybridized carbons (Fsp3) is 0.269. The molecular weight excluding hydrogens is 466 g/mol. The summed E-state index contributed by atoms with van der Waals surface area (Å²) in [5, 5.41) is 1.24. The molecule has 0 saturated carbocycles. The van der Waals surface area contributed by atoms with Crippen molar-refractivity contribution in [3.8, 4) is 5.69 Å². The normalized spacial score (nSPS) is 15.3. The number of benzene rings is 2. The van der Waals surface area contributed by atoms with Crippen molar-refractivity contribution in [1.82, 2.24) is 9.55 Å². The van der Waals surface area contributed by atoms with Crippen LogP contribution >= 0.6 is 23.1 Å². The number of carbonyl (C=O) groups excluding carboxylic acids is 1. The number of methoxy groups -OCH3 is 1. The monoisotopic (exact) mass is 492 g/mol. The maximum absolute atomic E-state index is 13.8. The number of nitrogens with one attached hydrogen (secondary N) is 1. The van der Waals surface area contributed by atoms with Crippen LogP contribution in [-0.4, -0.2) is 41.5 Å². The molecule has 1 unspecified atom stereocenters. The number of carbonyl (C=O) groups is 1. The van der Waals surface area contributed by atoms with E-state index in [1.54, 1.807) is 15.9 Å². The van der Waals surface area contributed by atoms with Gasteiger partial charge in [0.15, 0.2) is 5.16 Å². The Kier molecular flexibility index (Phi) is 6.80. The van der Waals surface area contributed by atoms with Crippen molar-refractivity contribution in [3.05, 3.63) is 87.0 Å². The van der Waals surface area contributed by atoms with Crippen molar-refractivity contribution in [3.63, 3.8) is 0 Å². The first-order valence-electron chi connectivity index (χ1n) is 11.3. The quantitative estimate of drug-likeness (QED) is 0.244. The summed E-state index contributed by atoms with van der Waals surface area (Å²) in [6, 6.07) is 20.1. The summed E-state index contributed by atoms with van der Waals surface area (Å²) in [4.78, 5) is 34.0. The highest BCUT2D eigenvalue weighted by atomic mass is 32.2. The maximum atomic E-state index is 13.8. The average molecular weight is 493 g/mol. The summed E-state index contributed by atoms with van der Waals surface area (Å²) in [5.74, 6) is -0.244. The van der Waals surface area contributed by atoms with Gasteiger partial charge in [-0.1, -0.05) is 60.3 Å². The van der Waals surface area contributed by atoms with Crippen LogP contribution in [-0.2, 0) is 28.9 Å². The van der Waals surface area contributed by atoms with E-state index in [0.717, 1.165) is 53.9 Å². The second-order valence-corrected chi connectivity index (χ2v) is 10.4. The van der Waals surface area contributed by atoms with Gasteiger partial charge in [-0.3, -0.25) is 14.2 Å². The van der Waals surface area contributed by atoms with Gasteiger partial charge in [0.1, 0.15) is 11.4 Å². The number of ether oxygens (including phenoxy) is 1. The van der Waals surface area contributed by atoms with Crippen LogP contribution < -0.4 is 10.5 Å². The highest BCUT2D eigenvalue weighted by molar-refractivity contribution is 7.99. The van der Waals surface area contributed by atoms with Gasteiger partial charge in [-0.05, 0) is 23.3 Å². The Morgan fingerprint density at radius 2 is 1.88 bits per heavy atom. The van der Waals surface area contributed by atoms with Crippen LogP contribution in [0.3, 0.4) is 0 Å². The van der Waals surface area contributed by atoms with Crippen LogP contribution in [0.4, 0.5) is 0 Å². The molecular formula is C26H26N3O3S2+. The summed E-state index contributed by atoms with van der Waals surface area (Å²) in [6.45, 7) is 2.99. The SMILES string of the molecule is COC(=O)CSc1nc2sc3c(c2c(=O)n1-c1ccccc1)CC[NH+](CCc1ccccc1)C3. The van der Waals surface area contributed by atoms with Crippen LogP contribution in [0.5, 0.6) is 0 Å². The molecule has 8 heteroatoms. The molecule has 174 valence electrons. The van der Waals surface area contributed by atoms with Gasteiger partial charge in [-0.2, -0.15) is 0 Å². The molecule has 0 fully saturated rings. The first kappa shape index (κ1) is 22.8. The van der Waals surface area contributed by atoms with Crippen LogP contribution in [0.15, 0.2) is 70.6 Å². The number of thioether (sulfide) groups is 1. The third-order valence-electron chi connectivity index (χ3n) is 6.19. The minimum absolute atomic E-state index is 0.0613. The van der Waals surface area contributed by atoms with Crippen molar-refractivity contribution in [2.24, 2.45) is 0 Å². The van der Waals surface area contributed by atoms with Crippen LogP contribution in [0.2, 0.25) is 0 Å². The zero-order chi connectivity index (χ0) is 23.5. The summed E-state index contributed by atoms with van der Waals surface area (Å²) < 4.78 is 6.43. The molecule has 2 aromatic heterocycles. The van der Waals surface area contributed by atoms with Crippen molar-refractivity contribution >= 4 is 39.3 Å². The molecule has 1 aliphatic heterocycles. The predicted molar refractivity (Wildman–Crippen MR) is 136 cm³/mol. The molecule has 34 heavy (non-hydrogen) atoms. The number of nitrogens with zero attached hydrogens (tertiary/aromatic N) is 2. The summed E-state index contributed by atoms with van der Waals surface area (Å²) >= 11 is 2.86. The molecule has 1 aliphatic rings. The van der Waals surface area contributed by atoms with Gasteiger partial charge in [0.25, 0.3) is 5.56 Å². The van der Waals surface area contributed by atoms with Crippen molar-refractivity contribution in [1.29, 1.82) is 0 Å². The molecule has 6 nitrogen and oxygen atoms in total. The number of hydrogen-bond donors (Lipinski definition) is 1. The number of para-hydroxylation sites is 1. The number of esters is 1. The number of aromatic nitrogens is 2. The average Bonchev–Trinajstić information content (AvgIpc) is 3.25. The number of rotatable bonds is 7. The second-order valence-electron chi connectivity index (χ2n) is 8.33. The Morgan fingerprint density at radius 3 is 2.62 bits per heavy atom. The number of thiophene rings is 1. The van der Waals surface area contributed by atoms with E-state index >= 15 is 0 Å². The van der Waals surface area contributed by atoms with E-state index in [2.05, 4.69) is 24.3 Å². The molecule has 1 N–H and O–H groups in total. The molecule has 0 spiro atoms. The van der Waals surface area contributed by atoms with E-state index < -0.39 is 0 Å². The van der Waals surface area contributed by atoms with E-state index in [4.69, 9.17) is 9.72 Å². The van der Waals surface area contributed by atoms with Crippen LogP contribution in [0.25, 0.3) is 15.9 Å². The van der Waals surface area contributed by atoms with E-state index in [0.29, 0.717) is 5.16 Å². The van der Waals surface area contributed by atoms with E-state index in [1.807, 2.05) is 36.4 Å². The molecule has 3 heterocycles. The number of hydrogen-bond acceptors (Lipinski definition) is 6. The van der Waals surface area contributed by atoms with E-state index in [1.165, 1.54) is 34.2 Å². The summed E-state index contributed by atoms with van der Waals surface area (Å²) in [7, 11) is 1.36. The second kappa shape index (κ2) is 10.1. The van der Waals surface area contributed by atoms with E-state index in [9.17, 15) is 9.59 Å². The molecule has 2 aromatic carbocycles. The third-order valence-corrected chi connectivity index (χ3v) is 8.23. The van der Waals surface area contributed by atoms with E-state index in [-0.39, 0.29) is 17.3 Å². The molecule has 0 bridgehead atoms. The largest absolute Gasteiger partial charge is 0.468 e. The topological polar surface area (TPSA) is 65.6 Å². The minimum atomic E-state index is -0.345. The van der Waals surface area contributed by atoms with Crippen molar-refractivity contribution in [2.45, 2.75) is 24.5 Å². The first-order chi connectivity index (χ1) is 16.6. The number of quaternary nitrogens is 1. The lowest BCUT2D eigenvalue weighted by molar-refractivity contribution is -0.915. The number of fused-ring (bicyclic) bond motifs is 3. The fourth-order valence-corrected chi connectivity index (χ4v) is 6.60. The predicted octanol–water partition coefficient (Wildman–Crippen LogP) is 2.90. The zero-order valence-electron chi connectivity index (χ0n) is 19.0. The minimum Gasteiger partial charge on any atom is -0.468 e.